The van der Waals surface area contributed by atoms with Crippen LogP contribution in [0.25, 0.3) is 0 Å². The van der Waals surface area contributed by atoms with Gasteiger partial charge in [-0.3, -0.25) is 0 Å². The van der Waals surface area contributed by atoms with Crippen molar-refractivity contribution in [2.24, 2.45) is 5.92 Å². The molecule has 3 nitrogen and oxygen atoms in total. The number of carbonyl (C=O) groups excluding carboxylic acids is 1. The van der Waals surface area contributed by atoms with Crippen LogP contribution in [0.1, 0.15) is 37.0 Å². The molecule has 18 heavy (non-hydrogen) atoms. The maximum atomic E-state index is 11.5. The van der Waals surface area contributed by atoms with Crippen molar-refractivity contribution in [3.05, 3.63) is 28.8 Å². The first kappa shape index (κ1) is 14.8. The van der Waals surface area contributed by atoms with Gasteiger partial charge in [-0.05, 0) is 30.5 Å². The van der Waals surface area contributed by atoms with Gasteiger partial charge in [-0.25, -0.2) is 4.79 Å². The smallest absolute Gasteiger partial charge is 0.339 e. The van der Waals surface area contributed by atoms with Gasteiger partial charge in [0.15, 0.2) is 0 Å². The van der Waals surface area contributed by atoms with E-state index in [1.807, 2.05) is 6.07 Å². The molecule has 0 spiro atoms. The Bertz CT molecular complexity index is 407. The van der Waals surface area contributed by atoms with Crippen molar-refractivity contribution < 1.29 is 9.53 Å². The molecule has 1 atom stereocenters. The number of methoxy groups -OCH3 is 1. The Morgan fingerprint density at radius 1 is 1.50 bits per heavy atom. The molecule has 1 N–H and O–H groups in total. The van der Waals surface area contributed by atoms with E-state index in [0.717, 1.165) is 12.2 Å². The van der Waals surface area contributed by atoms with Crippen molar-refractivity contribution in [3.8, 4) is 0 Å². The van der Waals surface area contributed by atoms with E-state index in [1.54, 1.807) is 12.1 Å². The van der Waals surface area contributed by atoms with Gasteiger partial charge in [0.2, 0.25) is 0 Å². The number of hydrogen-bond donors (Lipinski definition) is 1. The topological polar surface area (TPSA) is 38.3 Å². The minimum atomic E-state index is -0.412. The number of esters is 1. The number of nitrogens with one attached hydrogen (secondary N) is 1. The van der Waals surface area contributed by atoms with E-state index in [4.69, 9.17) is 11.6 Å². The molecular formula is C14H20ClNO2. The van der Waals surface area contributed by atoms with Gasteiger partial charge in [0.05, 0.1) is 17.7 Å². The van der Waals surface area contributed by atoms with Crippen molar-refractivity contribution in [1.82, 2.24) is 0 Å². The van der Waals surface area contributed by atoms with Gasteiger partial charge in [0.25, 0.3) is 0 Å². The summed E-state index contributed by atoms with van der Waals surface area (Å²) in [7, 11) is 1.35. The first-order chi connectivity index (χ1) is 8.58. The number of benzene rings is 1. The summed E-state index contributed by atoms with van der Waals surface area (Å²) in [5, 5.41) is 3.72. The molecule has 0 aliphatic heterocycles. The fourth-order valence-electron chi connectivity index (χ4n) is 1.79. The summed E-state index contributed by atoms with van der Waals surface area (Å²) >= 11 is 5.95. The van der Waals surface area contributed by atoms with Crippen molar-refractivity contribution in [3.63, 3.8) is 0 Å². The molecule has 1 unspecified atom stereocenters. The number of rotatable bonds is 6. The Morgan fingerprint density at radius 3 is 2.83 bits per heavy atom. The monoisotopic (exact) mass is 269 g/mol. The number of hydrogen-bond acceptors (Lipinski definition) is 3. The minimum Gasteiger partial charge on any atom is -0.465 e. The van der Waals surface area contributed by atoms with Gasteiger partial charge < -0.3 is 10.1 Å². The van der Waals surface area contributed by atoms with Crippen molar-refractivity contribution in [1.29, 1.82) is 0 Å². The molecule has 0 saturated heterocycles. The number of halogens is 1. The lowest BCUT2D eigenvalue weighted by molar-refractivity contribution is 0.0601. The first-order valence-electron chi connectivity index (χ1n) is 6.20. The van der Waals surface area contributed by atoms with Crippen LogP contribution in [0.4, 0.5) is 5.69 Å². The third kappa shape index (κ3) is 4.22. The summed E-state index contributed by atoms with van der Waals surface area (Å²) < 4.78 is 4.69. The Balaban J connectivity index is 2.70. The molecule has 0 saturated carbocycles. The lowest BCUT2D eigenvalue weighted by Gasteiger charge is -2.13. The maximum Gasteiger partial charge on any atom is 0.339 e. The predicted molar refractivity (Wildman–Crippen MR) is 75.4 cm³/mol. The number of anilines is 1. The molecule has 0 amide bonds. The lowest BCUT2D eigenvalue weighted by atomic mass is 10.1. The summed E-state index contributed by atoms with van der Waals surface area (Å²) in [5.74, 6) is 0.192. The van der Waals surface area contributed by atoms with E-state index in [9.17, 15) is 4.79 Å². The van der Waals surface area contributed by atoms with Crippen molar-refractivity contribution in [2.45, 2.75) is 26.7 Å². The molecular weight excluding hydrogens is 250 g/mol. The molecule has 0 aliphatic carbocycles. The summed E-state index contributed by atoms with van der Waals surface area (Å²) in [4.78, 5) is 11.5. The summed E-state index contributed by atoms with van der Waals surface area (Å²) in [6.07, 6.45) is 2.36. The second-order valence-corrected chi connectivity index (χ2v) is 4.87. The highest BCUT2D eigenvalue weighted by Crippen LogP contribution is 2.21. The first-order valence-corrected chi connectivity index (χ1v) is 6.58. The van der Waals surface area contributed by atoms with Gasteiger partial charge in [0.1, 0.15) is 0 Å². The fraction of sp³-hybridized carbons (Fsp3) is 0.500. The summed E-state index contributed by atoms with van der Waals surface area (Å²) in [5.41, 5.74) is 1.29. The molecule has 0 aliphatic rings. The lowest BCUT2D eigenvalue weighted by Crippen LogP contribution is -2.11. The van der Waals surface area contributed by atoms with Crippen LogP contribution in [0.3, 0.4) is 0 Å². The van der Waals surface area contributed by atoms with Crippen LogP contribution in [0.15, 0.2) is 18.2 Å². The van der Waals surface area contributed by atoms with E-state index in [2.05, 4.69) is 23.9 Å². The van der Waals surface area contributed by atoms with Crippen molar-refractivity contribution in [2.75, 3.05) is 19.0 Å². The third-order valence-electron chi connectivity index (χ3n) is 2.81. The minimum absolute atomic E-state index is 0.396. The van der Waals surface area contributed by atoms with Crippen LogP contribution in [-0.2, 0) is 4.74 Å². The van der Waals surface area contributed by atoms with E-state index in [0.29, 0.717) is 16.5 Å². The number of ether oxygens (including phenoxy) is 1. The molecule has 1 rings (SSSR count). The van der Waals surface area contributed by atoms with Crippen molar-refractivity contribution >= 4 is 23.3 Å². The zero-order valence-corrected chi connectivity index (χ0v) is 11.9. The Labute approximate surface area is 113 Å². The largest absolute Gasteiger partial charge is 0.465 e. The zero-order chi connectivity index (χ0) is 13.5. The third-order valence-corrected chi connectivity index (χ3v) is 3.14. The maximum absolute atomic E-state index is 11.5. The van der Waals surface area contributed by atoms with E-state index in [1.165, 1.54) is 20.0 Å². The Hall–Kier alpha value is -1.22. The Kier molecular flexibility index (Phi) is 5.99. The summed E-state index contributed by atoms with van der Waals surface area (Å²) in [6, 6.07) is 5.31. The standard InChI is InChI=1S/C14H20ClNO2/c1-4-5-10(2)9-16-11-6-7-13(15)12(8-11)14(17)18-3/h6-8,10,16H,4-5,9H2,1-3H3. The van der Waals surface area contributed by atoms with Crippen LogP contribution >= 0.6 is 11.6 Å². The highest BCUT2D eigenvalue weighted by Gasteiger charge is 2.11. The fourth-order valence-corrected chi connectivity index (χ4v) is 1.98. The zero-order valence-electron chi connectivity index (χ0n) is 11.1. The van der Waals surface area contributed by atoms with Gasteiger partial charge in [-0.15, -0.1) is 0 Å². The predicted octanol–water partition coefficient (Wildman–Crippen LogP) is 3.97. The number of carbonyl (C=O) groups is 1. The average Bonchev–Trinajstić information content (AvgIpc) is 2.37. The molecule has 0 aromatic heterocycles. The van der Waals surface area contributed by atoms with Crippen LogP contribution in [0.5, 0.6) is 0 Å². The van der Waals surface area contributed by atoms with E-state index in [-0.39, 0.29) is 0 Å². The highest BCUT2D eigenvalue weighted by atomic mass is 35.5. The quantitative estimate of drug-likeness (QED) is 0.794. The second-order valence-electron chi connectivity index (χ2n) is 4.46. The van der Waals surface area contributed by atoms with Gasteiger partial charge >= 0.3 is 5.97 Å². The van der Waals surface area contributed by atoms with Crippen LogP contribution in [0.2, 0.25) is 5.02 Å². The molecule has 0 radical (unpaired) electrons. The normalized spacial score (nSPS) is 12.0. The average molecular weight is 270 g/mol. The van der Waals surface area contributed by atoms with Crippen LogP contribution in [-0.4, -0.2) is 19.6 Å². The molecule has 100 valence electrons. The highest BCUT2D eigenvalue weighted by molar-refractivity contribution is 6.33. The Morgan fingerprint density at radius 2 is 2.22 bits per heavy atom. The van der Waals surface area contributed by atoms with Gasteiger partial charge in [0, 0.05) is 12.2 Å². The SMILES string of the molecule is CCCC(C)CNc1ccc(Cl)c(C(=O)OC)c1. The van der Waals surface area contributed by atoms with E-state index >= 15 is 0 Å². The van der Waals surface area contributed by atoms with E-state index < -0.39 is 5.97 Å². The second kappa shape index (κ2) is 7.27. The molecule has 0 fully saturated rings. The molecule has 0 heterocycles. The molecule has 0 bridgehead atoms. The van der Waals surface area contributed by atoms with Crippen LogP contribution < -0.4 is 5.32 Å². The van der Waals surface area contributed by atoms with Gasteiger partial charge in [-0.1, -0.05) is 31.9 Å². The van der Waals surface area contributed by atoms with Gasteiger partial charge in [-0.2, -0.15) is 0 Å². The summed E-state index contributed by atoms with van der Waals surface area (Å²) in [6.45, 7) is 5.26. The van der Waals surface area contributed by atoms with Crippen LogP contribution in [0, 0.1) is 5.92 Å². The molecule has 1 aromatic rings. The molecule has 1 aromatic carbocycles. The molecule has 4 heteroatoms.